The summed E-state index contributed by atoms with van der Waals surface area (Å²) in [5.41, 5.74) is 0.380. The molecule has 2 N–H and O–H groups in total. The van der Waals surface area contributed by atoms with E-state index in [1.807, 2.05) is 19.1 Å². The zero-order chi connectivity index (χ0) is 17.0. The number of amides is 1. The van der Waals surface area contributed by atoms with Crippen LogP contribution in [0.5, 0.6) is 11.5 Å². The van der Waals surface area contributed by atoms with Crippen LogP contribution >= 0.6 is 0 Å². The molecule has 1 heterocycles. The van der Waals surface area contributed by atoms with Crippen molar-refractivity contribution in [3.05, 3.63) is 29.3 Å². The van der Waals surface area contributed by atoms with Crippen LogP contribution in [0.2, 0.25) is 0 Å². The molecule has 0 bridgehead atoms. The number of rotatable bonds is 6. The number of ether oxygens (including phenoxy) is 2. The van der Waals surface area contributed by atoms with Gasteiger partial charge in [-0.3, -0.25) is 9.59 Å². The molecule has 6 heteroatoms. The summed E-state index contributed by atoms with van der Waals surface area (Å²) in [4.78, 5) is 23.2. The second kappa shape index (κ2) is 6.73. The van der Waals surface area contributed by atoms with E-state index in [1.54, 1.807) is 26.0 Å². The number of nitrogens with one attached hydrogen (secondary N) is 1. The van der Waals surface area contributed by atoms with Gasteiger partial charge >= 0.3 is 5.97 Å². The van der Waals surface area contributed by atoms with Crippen molar-refractivity contribution >= 4 is 18.0 Å². The average molecular weight is 319 g/mol. The first kappa shape index (κ1) is 16.9. The Labute approximate surface area is 135 Å². The van der Waals surface area contributed by atoms with Gasteiger partial charge in [0.15, 0.2) is 0 Å². The van der Waals surface area contributed by atoms with Gasteiger partial charge in [-0.05, 0) is 45.0 Å². The Kier molecular flexibility index (Phi) is 4.93. The minimum absolute atomic E-state index is 0.149. The highest BCUT2D eigenvalue weighted by Gasteiger charge is 2.26. The van der Waals surface area contributed by atoms with Gasteiger partial charge in [-0.25, -0.2) is 0 Å². The third-order valence-corrected chi connectivity index (χ3v) is 3.34. The molecule has 0 aliphatic carbocycles. The molecule has 0 spiro atoms. The summed E-state index contributed by atoms with van der Waals surface area (Å²) in [5, 5.41) is 11.6. The highest BCUT2D eigenvalue weighted by molar-refractivity contribution is 5.99. The van der Waals surface area contributed by atoms with Crippen molar-refractivity contribution < 1.29 is 24.2 Å². The second-order valence-corrected chi connectivity index (χ2v) is 6.00. The smallest absolute Gasteiger partial charge is 0.305 e. The maximum atomic E-state index is 12.3. The molecule has 0 radical (unpaired) electrons. The number of benzene rings is 1. The summed E-state index contributed by atoms with van der Waals surface area (Å²) >= 11 is 0. The van der Waals surface area contributed by atoms with Gasteiger partial charge in [0.2, 0.25) is 0 Å². The largest absolute Gasteiger partial charge is 0.494 e. The SMILES string of the molecule is CCOc1ccc2c(c1)C=C(C(=O)NC(C)(C)CC(=O)O)CO2. The van der Waals surface area contributed by atoms with Gasteiger partial charge in [0.25, 0.3) is 5.91 Å². The van der Waals surface area contributed by atoms with Crippen LogP contribution < -0.4 is 14.8 Å². The van der Waals surface area contributed by atoms with E-state index in [4.69, 9.17) is 14.6 Å². The molecule has 124 valence electrons. The Morgan fingerprint density at radius 1 is 1.39 bits per heavy atom. The third-order valence-electron chi connectivity index (χ3n) is 3.34. The zero-order valence-corrected chi connectivity index (χ0v) is 13.5. The van der Waals surface area contributed by atoms with Crippen molar-refractivity contribution in [3.8, 4) is 11.5 Å². The predicted molar refractivity (Wildman–Crippen MR) is 85.6 cm³/mol. The second-order valence-electron chi connectivity index (χ2n) is 6.00. The highest BCUT2D eigenvalue weighted by Crippen LogP contribution is 2.30. The lowest BCUT2D eigenvalue weighted by atomic mass is 9.99. The van der Waals surface area contributed by atoms with Crippen LogP contribution in [-0.4, -0.2) is 35.7 Å². The maximum absolute atomic E-state index is 12.3. The number of fused-ring (bicyclic) bond motifs is 1. The number of hydrogen-bond donors (Lipinski definition) is 2. The van der Waals surface area contributed by atoms with E-state index in [1.165, 1.54) is 0 Å². The zero-order valence-electron chi connectivity index (χ0n) is 13.5. The van der Waals surface area contributed by atoms with Crippen LogP contribution in [0.1, 0.15) is 32.8 Å². The molecule has 0 unspecified atom stereocenters. The Morgan fingerprint density at radius 3 is 2.78 bits per heavy atom. The number of carbonyl (C=O) groups is 2. The Morgan fingerprint density at radius 2 is 2.13 bits per heavy atom. The van der Waals surface area contributed by atoms with Crippen molar-refractivity contribution in [2.24, 2.45) is 0 Å². The van der Waals surface area contributed by atoms with Gasteiger partial charge in [-0.1, -0.05) is 0 Å². The third kappa shape index (κ3) is 4.48. The fourth-order valence-corrected chi connectivity index (χ4v) is 2.35. The molecule has 23 heavy (non-hydrogen) atoms. The van der Waals surface area contributed by atoms with Crippen LogP contribution in [0.3, 0.4) is 0 Å². The van der Waals surface area contributed by atoms with Crippen LogP contribution in [0.4, 0.5) is 0 Å². The molecule has 0 atom stereocenters. The molecule has 1 aromatic rings. The molecule has 2 rings (SSSR count). The molecular formula is C17H21NO5. The van der Waals surface area contributed by atoms with E-state index >= 15 is 0 Å². The Balaban J connectivity index is 2.16. The van der Waals surface area contributed by atoms with Crippen molar-refractivity contribution in [2.75, 3.05) is 13.2 Å². The molecule has 0 saturated heterocycles. The molecular weight excluding hydrogens is 298 g/mol. The molecule has 0 saturated carbocycles. The van der Waals surface area contributed by atoms with E-state index in [9.17, 15) is 9.59 Å². The standard InChI is InChI=1S/C17H21NO5/c1-4-22-13-5-6-14-11(8-13)7-12(10-23-14)16(21)18-17(2,3)9-15(19)20/h5-8H,4,9-10H2,1-3H3,(H,18,21)(H,19,20). The van der Waals surface area contributed by atoms with Gasteiger partial charge in [-0.2, -0.15) is 0 Å². The average Bonchev–Trinajstić information content (AvgIpc) is 2.44. The van der Waals surface area contributed by atoms with Crippen LogP contribution in [-0.2, 0) is 9.59 Å². The first-order valence-electron chi connectivity index (χ1n) is 7.45. The summed E-state index contributed by atoms with van der Waals surface area (Å²) in [5.74, 6) is 0.105. The van der Waals surface area contributed by atoms with Gasteiger partial charge in [0.1, 0.15) is 18.1 Å². The van der Waals surface area contributed by atoms with Gasteiger partial charge in [0, 0.05) is 11.1 Å². The van der Waals surface area contributed by atoms with E-state index in [0.29, 0.717) is 23.7 Å². The number of hydrogen-bond acceptors (Lipinski definition) is 4. The topological polar surface area (TPSA) is 84.9 Å². The Hall–Kier alpha value is -2.50. The van der Waals surface area contributed by atoms with E-state index < -0.39 is 11.5 Å². The predicted octanol–water partition coefficient (Wildman–Crippen LogP) is 2.23. The summed E-state index contributed by atoms with van der Waals surface area (Å²) < 4.78 is 11.0. The van der Waals surface area contributed by atoms with Crippen LogP contribution in [0.15, 0.2) is 23.8 Å². The monoisotopic (exact) mass is 319 g/mol. The molecule has 6 nitrogen and oxygen atoms in total. The van der Waals surface area contributed by atoms with E-state index in [-0.39, 0.29) is 18.9 Å². The first-order valence-corrected chi connectivity index (χ1v) is 7.45. The molecule has 1 aliphatic heterocycles. The van der Waals surface area contributed by atoms with E-state index in [0.717, 1.165) is 5.56 Å². The summed E-state index contributed by atoms with van der Waals surface area (Å²) in [7, 11) is 0. The number of carboxylic acids is 1. The lowest BCUT2D eigenvalue weighted by Gasteiger charge is -2.26. The minimum Gasteiger partial charge on any atom is -0.494 e. The fraction of sp³-hybridized carbons (Fsp3) is 0.412. The van der Waals surface area contributed by atoms with Gasteiger partial charge in [0.05, 0.1) is 18.6 Å². The molecule has 0 aromatic heterocycles. The maximum Gasteiger partial charge on any atom is 0.305 e. The summed E-state index contributed by atoms with van der Waals surface area (Å²) in [6.45, 7) is 5.94. The van der Waals surface area contributed by atoms with E-state index in [2.05, 4.69) is 5.32 Å². The quantitative estimate of drug-likeness (QED) is 0.840. The summed E-state index contributed by atoms with van der Waals surface area (Å²) in [6.07, 6.45) is 1.59. The van der Waals surface area contributed by atoms with Crippen molar-refractivity contribution in [1.82, 2.24) is 5.32 Å². The molecule has 1 amide bonds. The lowest BCUT2D eigenvalue weighted by Crippen LogP contribution is -2.46. The minimum atomic E-state index is -0.962. The normalized spacial score (nSPS) is 13.4. The van der Waals surface area contributed by atoms with Crippen molar-refractivity contribution in [2.45, 2.75) is 32.7 Å². The molecule has 1 aromatic carbocycles. The van der Waals surface area contributed by atoms with Crippen molar-refractivity contribution in [3.63, 3.8) is 0 Å². The molecule has 1 aliphatic rings. The summed E-state index contributed by atoms with van der Waals surface area (Å²) in [6, 6.07) is 5.44. The van der Waals surface area contributed by atoms with Crippen molar-refractivity contribution in [1.29, 1.82) is 0 Å². The fourth-order valence-electron chi connectivity index (χ4n) is 2.35. The van der Waals surface area contributed by atoms with Gasteiger partial charge in [-0.15, -0.1) is 0 Å². The van der Waals surface area contributed by atoms with Crippen LogP contribution in [0.25, 0.3) is 6.08 Å². The first-order chi connectivity index (χ1) is 10.8. The molecule has 0 fully saturated rings. The Bertz CT molecular complexity index is 648. The lowest BCUT2D eigenvalue weighted by molar-refractivity contribution is -0.138. The number of aliphatic carboxylic acids is 1. The highest BCUT2D eigenvalue weighted by atomic mass is 16.5. The van der Waals surface area contributed by atoms with Gasteiger partial charge < -0.3 is 19.9 Å². The van der Waals surface area contributed by atoms with Crippen LogP contribution in [0, 0.1) is 0 Å². The number of carboxylic acid groups (broad SMARTS) is 1. The number of carbonyl (C=O) groups excluding carboxylic acids is 1.